The summed E-state index contributed by atoms with van der Waals surface area (Å²) in [5, 5.41) is 0. The highest BCUT2D eigenvalue weighted by Gasteiger charge is 2.46. The molecule has 0 N–H and O–H groups in total. The van der Waals surface area contributed by atoms with Crippen molar-refractivity contribution in [1.82, 2.24) is 9.97 Å². The maximum Gasteiger partial charge on any atom is 0.195 e. The van der Waals surface area contributed by atoms with E-state index >= 15 is 0 Å². The summed E-state index contributed by atoms with van der Waals surface area (Å²) < 4.78 is 0. The van der Waals surface area contributed by atoms with Crippen LogP contribution in [0.2, 0.25) is 0 Å². The summed E-state index contributed by atoms with van der Waals surface area (Å²) >= 11 is 0. The molecule has 1 heterocycles. The molecule has 0 saturated carbocycles. The van der Waals surface area contributed by atoms with Crippen LogP contribution in [0.3, 0.4) is 0 Å². The minimum absolute atomic E-state index is 0.591. The van der Waals surface area contributed by atoms with Crippen LogP contribution in [0.4, 0.5) is 5.69 Å². The molecule has 57 heavy (non-hydrogen) atoms. The summed E-state index contributed by atoms with van der Waals surface area (Å²) in [4.78, 5) is 14.5. The van der Waals surface area contributed by atoms with Crippen molar-refractivity contribution in [1.29, 1.82) is 0 Å². The zero-order valence-electron chi connectivity index (χ0n) is 31.0. The van der Waals surface area contributed by atoms with Gasteiger partial charge in [0.2, 0.25) is 0 Å². The van der Waals surface area contributed by atoms with Gasteiger partial charge in [-0.2, -0.15) is 0 Å². The second kappa shape index (κ2) is 14.2. The van der Waals surface area contributed by atoms with Crippen LogP contribution in [0, 0.1) is 6.57 Å². The summed E-state index contributed by atoms with van der Waals surface area (Å²) in [5.41, 5.74) is 15.8. The number of nitrogens with zero attached hydrogens (tertiary/aromatic N) is 3. The SMILES string of the molecule is [C-]#[N+]c1cccc2c1-c1cc(-c3ccccc3-c3cc(-c4cccc(-c5ccccc5)c4)nc(-c4ccccc4)n3)ccc1C2(c1ccccc1)c1ccccc1. The van der Waals surface area contributed by atoms with E-state index in [1.54, 1.807) is 0 Å². The second-order valence-corrected chi connectivity index (χ2v) is 14.4. The van der Waals surface area contributed by atoms with Gasteiger partial charge in [-0.15, -0.1) is 0 Å². The van der Waals surface area contributed by atoms with Crippen LogP contribution in [-0.4, -0.2) is 9.97 Å². The van der Waals surface area contributed by atoms with E-state index in [9.17, 15) is 0 Å². The molecule has 0 saturated heterocycles. The van der Waals surface area contributed by atoms with Gasteiger partial charge in [0, 0.05) is 16.7 Å². The Kier molecular flexibility index (Phi) is 8.43. The third-order valence-electron chi connectivity index (χ3n) is 11.2. The molecule has 0 atom stereocenters. The highest BCUT2D eigenvalue weighted by Crippen LogP contribution is 2.59. The predicted molar refractivity (Wildman–Crippen MR) is 233 cm³/mol. The molecule has 1 aromatic heterocycles. The molecule has 8 aromatic carbocycles. The fraction of sp³-hybridized carbons (Fsp3) is 0.0185. The first-order valence-electron chi connectivity index (χ1n) is 19.2. The summed E-state index contributed by atoms with van der Waals surface area (Å²) in [6, 6.07) is 74.3. The first-order chi connectivity index (χ1) is 28.2. The minimum atomic E-state index is -0.591. The Bertz CT molecular complexity index is 2910. The van der Waals surface area contributed by atoms with Crippen molar-refractivity contribution in [2.75, 3.05) is 0 Å². The van der Waals surface area contributed by atoms with Crippen molar-refractivity contribution in [3.05, 3.63) is 246 Å². The van der Waals surface area contributed by atoms with Crippen LogP contribution < -0.4 is 0 Å². The quantitative estimate of drug-likeness (QED) is 0.153. The van der Waals surface area contributed by atoms with Gasteiger partial charge in [0.05, 0.1) is 23.4 Å². The van der Waals surface area contributed by atoms with E-state index in [1.807, 2.05) is 36.4 Å². The molecule has 0 amide bonds. The molecule has 1 aliphatic carbocycles. The van der Waals surface area contributed by atoms with Crippen molar-refractivity contribution >= 4 is 5.69 Å². The Labute approximate surface area is 333 Å². The molecule has 3 nitrogen and oxygen atoms in total. The lowest BCUT2D eigenvalue weighted by Gasteiger charge is -2.34. The van der Waals surface area contributed by atoms with E-state index in [4.69, 9.17) is 16.5 Å². The van der Waals surface area contributed by atoms with Crippen molar-refractivity contribution in [3.8, 4) is 67.3 Å². The topological polar surface area (TPSA) is 30.1 Å². The third kappa shape index (κ3) is 5.75. The Morgan fingerprint density at radius 2 is 0.930 bits per heavy atom. The van der Waals surface area contributed by atoms with Gasteiger partial charge in [0.15, 0.2) is 11.5 Å². The largest absolute Gasteiger partial charge is 0.238 e. The fourth-order valence-electron chi connectivity index (χ4n) is 8.68. The van der Waals surface area contributed by atoms with Gasteiger partial charge in [-0.1, -0.05) is 194 Å². The summed E-state index contributed by atoms with van der Waals surface area (Å²) in [6.45, 7) is 8.31. The Hall–Kier alpha value is -7.67. The number of hydrogen-bond donors (Lipinski definition) is 0. The molecular formula is C54H35N3. The van der Waals surface area contributed by atoms with Gasteiger partial charge < -0.3 is 0 Å². The lowest BCUT2D eigenvalue weighted by Crippen LogP contribution is -2.28. The molecule has 3 heteroatoms. The van der Waals surface area contributed by atoms with Gasteiger partial charge in [0.1, 0.15) is 0 Å². The lowest BCUT2D eigenvalue weighted by molar-refractivity contribution is 0.769. The Morgan fingerprint density at radius 1 is 0.368 bits per heavy atom. The van der Waals surface area contributed by atoms with E-state index in [2.05, 4.69) is 181 Å². The molecule has 1 aliphatic rings. The summed E-state index contributed by atoms with van der Waals surface area (Å²) in [7, 11) is 0. The standard InChI is InChI=1S/C54H35N3/c1-55-49-31-17-30-48-52(49)46-35-40(32-33-47(46)54(48,42-24-10-4-11-25-42)43-26-12-5-13-27-43)44-28-14-15-29-45(44)51-36-50(56-53(57-51)38-20-8-3-9-21-38)41-23-16-22-39(34-41)37-18-6-2-7-19-37/h2-36H. The van der Waals surface area contributed by atoms with Crippen LogP contribution in [0.15, 0.2) is 212 Å². The van der Waals surface area contributed by atoms with Crippen molar-refractivity contribution in [3.63, 3.8) is 0 Å². The van der Waals surface area contributed by atoms with E-state index in [1.165, 1.54) is 16.7 Å². The van der Waals surface area contributed by atoms with Crippen LogP contribution in [-0.2, 0) is 5.41 Å². The normalized spacial score (nSPS) is 12.3. The molecule has 0 aliphatic heterocycles. The van der Waals surface area contributed by atoms with Gasteiger partial charge in [-0.05, 0) is 73.8 Å². The maximum atomic E-state index is 8.31. The first-order valence-corrected chi connectivity index (χ1v) is 19.2. The molecular weight excluding hydrogens is 691 g/mol. The average Bonchev–Trinajstić information content (AvgIpc) is 3.61. The van der Waals surface area contributed by atoms with Crippen LogP contribution in [0.25, 0.3) is 72.1 Å². The monoisotopic (exact) mass is 725 g/mol. The maximum absolute atomic E-state index is 8.31. The third-order valence-corrected chi connectivity index (χ3v) is 11.2. The number of hydrogen-bond acceptors (Lipinski definition) is 2. The molecule has 10 rings (SSSR count). The average molecular weight is 726 g/mol. The molecule has 0 spiro atoms. The number of fused-ring (bicyclic) bond motifs is 3. The van der Waals surface area contributed by atoms with Gasteiger partial charge >= 0.3 is 0 Å². The second-order valence-electron chi connectivity index (χ2n) is 14.4. The predicted octanol–water partition coefficient (Wildman–Crippen LogP) is 13.7. The molecule has 0 radical (unpaired) electrons. The van der Waals surface area contributed by atoms with Crippen molar-refractivity contribution in [2.24, 2.45) is 0 Å². The zero-order chi connectivity index (χ0) is 38.2. The van der Waals surface area contributed by atoms with Gasteiger partial charge in [0.25, 0.3) is 0 Å². The highest BCUT2D eigenvalue weighted by molar-refractivity contribution is 5.96. The zero-order valence-corrected chi connectivity index (χ0v) is 31.0. The minimum Gasteiger partial charge on any atom is -0.238 e. The van der Waals surface area contributed by atoms with Gasteiger partial charge in [-0.25, -0.2) is 14.8 Å². The smallest absolute Gasteiger partial charge is 0.195 e. The van der Waals surface area contributed by atoms with Crippen molar-refractivity contribution < 1.29 is 0 Å². The van der Waals surface area contributed by atoms with Crippen LogP contribution in [0.1, 0.15) is 22.3 Å². The number of aromatic nitrogens is 2. The van der Waals surface area contributed by atoms with Gasteiger partial charge in [-0.3, -0.25) is 0 Å². The lowest BCUT2D eigenvalue weighted by atomic mass is 9.67. The molecule has 266 valence electrons. The molecule has 0 bridgehead atoms. The van der Waals surface area contributed by atoms with Crippen LogP contribution in [0.5, 0.6) is 0 Å². The van der Waals surface area contributed by atoms with E-state index < -0.39 is 5.41 Å². The fourth-order valence-corrected chi connectivity index (χ4v) is 8.68. The van der Waals surface area contributed by atoms with Crippen LogP contribution >= 0.6 is 0 Å². The highest BCUT2D eigenvalue weighted by atomic mass is 14.9. The molecule has 9 aromatic rings. The van der Waals surface area contributed by atoms with E-state index in [-0.39, 0.29) is 0 Å². The Balaban J connectivity index is 1.18. The molecule has 0 unspecified atom stereocenters. The van der Waals surface area contributed by atoms with Crippen molar-refractivity contribution in [2.45, 2.75) is 5.41 Å². The molecule has 0 fully saturated rings. The number of rotatable bonds is 7. The van der Waals surface area contributed by atoms with E-state index in [0.29, 0.717) is 11.5 Å². The van der Waals surface area contributed by atoms with E-state index in [0.717, 1.165) is 67.0 Å². The summed E-state index contributed by atoms with van der Waals surface area (Å²) in [5.74, 6) is 0.670. The first kappa shape index (κ1) is 33.9. The number of benzene rings is 8. The summed E-state index contributed by atoms with van der Waals surface area (Å²) in [6.07, 6.45) is 0. The Morgan fingerprint density at radius 3 is 1.61 bits per heavy atom.